The monoisotopic (exact) mass is 368 g/mol. The van der Waals surface area contributed by atoms with Crippen molar-refractivity contribution >= 4 is 32.9 Å². The summed E-state index contributed by atoms with van der Waals surface area (Å²) in [5, 5.41) is 5.72. The summed E-state index contributed by atoms with van der Waals surface area (Å²) < 4.78 is 23.2. The van der Waals surface area contributed by atoms with Gasteiger partial charge in [-0.2, -0.15) is 0 Å². The Morgan fingerprint density at radius 2 is 1.65 bits per heavy atom. The summed E-state index contributed by atoms with van der Waals surface area (Å²) in [5.74, 6) is 0.00963. The molecule has 3 aromatic rings. The number of rotatable bonds is 5. The summed E-state index contributed by atoms with van der Waals surface area (Å²) in [5.41, 5.74) is 1.36. The molecule has 0 aliphatic carbocycles. The van der Waals surface area contributed by atoms with Gasteiger partial charge in [0.2, 0.25) is 0 Å². The fourth-order valence-electron chi connectivity index (χ4n) is 2.22. The fraction of sp³-hybridized carbons (Fsp3) is 0.0556. The van der Waals surface area contributed by atoms with Crippen molar-refractivity contribution in [2.45, 2.75) is 4.90 Å². The normalized spacial score (nSPS) is 11.0. The van der Waals surface area contributed by atoms with E-state index in [1.165, 1.54) is 24.5 Å². The van der Waals surface area contributed by atoms with E-state index in [1.807, 2.05) is 30.3 Å². The third kappa shape index (κ3) is 4.42. The molecule has 0 saturated carbocycles. The standard InChI is InChI=1S/C18H16N4O3S/c1-26(24,25)15-9-5-8-14(10-15)22-18(23)16-11-17(20-12-19-16)21-13-6-3-2-4-7-13/h2-12H,1H3,(H,22,23)(H,19,20,21). The third-order valence-electron chi connectivity index (χ3n) is 3.47. The molecule has 7 nitrogen and oxygen atoms in total. The van der Waals surface area contributed by atoms with Crippen LogP contribution in [-0.4, -0.2) is 30.5 Å². The lowest BCUT2D eigenvalue weighted by Crippen LogP contribution is -2.14. The molecule has 0 aliphatic rings. The van der Waals surface area contributed by atoms with Crippen LogP contribution in [0, 0.1) is 0 Å². The molecule has 2 N–H and O–H groups in total. The number of carbonyl (C=O) groups is 1. The highest BCUT2D eigenvalue weighted by atomic mass is 32.2. The number of carbonyl (C=O) groups excluding carboxylic acids is 1. The van der Waals surface area contributed by atoms with Crippen LogP contribution in [0.3, 0.4) is 0 Å². The molecule has 132 valence electrons. The molecule has 0 unspecified atom stereocenters. The number of anilines is 3. The smallest absolute Gasteiger partial charge is 0.274 e. The molecule has 0 fully saturated rings. The van der Waals surface area contributed by atoms with Crippen LogP contribution in [0.25, 0.3) is 0 Å². The average Bonchev–Trinajstić information content (AvgIpc) is 2.62. The first-order chi connectivity index (χ1) is 12.4. The van der Waals surface area contributed by atoms with Crippen LogP contribution < -0.4 is 10.6 Å². The van der Waals surface area contributed by atoms with E-state index >= 15 is 0 Å². The Kier molecular flexibility index (Phi) is 4.94. The number of nitrogens with one attached hydrogen (secondary N) is 2. The first-order valence-electron chi connectivity index (χ1n) is 7.67. The Bertz CT molecular complexity index is 1040. The molecule has 0 spiro atoms. The summed E-state index contributed by atoms with van der Waals surface area (Å²) in [6.07, 6.45) is 2.40. The van der Waals surface area contributed by atoms with Crippen molar-refractivity contribution in [3.63, 3.8) is 0 Å². The number of para-hydroxylation sites is 1. The van der Waals surface area contributed by atoms with Gasteiger partial charge in [0.1, 0.15) is 17.8 Å². The second-order valence-corrected chi connectivity index (χ2v) is 7.55. The zero-order chi connectivity index (χ0) is 18.6. The Morgan fingerprint density at radius 1 is 0.923 bits per heavy atom. The molecule has 0 atom stereocenters. The SMILES string of the molecule is CS(=O)(=O)c1cccc(NC(=O)c2cc(Nc3ccccc3)ncn2)c1. The van der Waals surface area contributed by atoms with E-state index in [1.54, 1.807) is 12.1 Å². The van der Waals surface area contributed by atoms with Crippen LogP contribution >= 0.6 is 0 Å². The van der Waals surface area contributed by atoms with Crippen LogP contribution in [-0.2, 0) is 9.84 Å². The molecule has 2 aromatic carbocycles. The zero-order valence-electron chi connectivity index (χ0n) is 13.9. The molecule has 1 heterocycles. The second-order valence-electron chi connectivity index (χ2n) is 5.53. The highest BCUT2D eigenvalue weighted by Crippen LogP contribution is 2.17. The van der Waals surface area contributed by atoms with E-state index in [0.29, 0.717) is 11.5 Å². The maximum Gasteiger partial charge on any atom is 0.274 e. The number of benzene rings is 2. The second kappa shape index (κ2) is 7.32. The maximum absolute atomic E-state index is 12.4. The molecule has 0 radical (unpaired) electrons. The number of aromatic nitrogens is 2. The van der Waals surface area contributed by atoms with Crippen molar-refractivity contribution in [1.29, 1.82) is 0 Å². The largest absolute Gasteiger partial charge is 0.340 e. The van der Waals surface area contributed by atoms with Gasteiger partial charge in [-0.3, -0.25) is 4.79 Å². The molecule has 26 heavy (non-hydrogen) atoms. The van der Waals surface area contributed by atoms with E-state index in [2.05, 4.69) is 20.6 Å². The van der Waals surface area contributed by atoms with Gasteiger partial charge in [0.15, 0.2) is 9.84 Å². The van der Waals surface area contributed by atoms with Crippen LogP contribution in [0.2, 0.25) is 0 Å². The maximum atomic E-state index is 12.4. The van der Waals surface area contributed by atoms with E-state index in [9.17, 15) is 13.2 Å². The number of amides is 1. The van der Waals surface area contributed by atoms with Crippen LogP contribution in [0.1, 0.15) is 10.5 Å². The predicted octanol–water partition coefficient (Wildman–Crippen LogP) is 2.88. The van der Waals surface area contributed by atoms with Gasteiger partial charge in [-0.1, -0.05) is 24.3 Å². The quantitative estimate of drug-likeness (QED) is 0.718. The van der Waals surface area contributed by atoms with Crippen LogP contribution in [0.4, 0.5) is 17.2 Å². The first-order valence-corrected chi connectivity index (χ1v) is 9.56. The third-order valence-corrected chi connectivity index (χ3v) is 4.58. The van der Waals surface area contributed by atoms with Gasteiger partial charge in [0, 0.05) is 23.7 Å². The van der Waals surface area contributed by atoms with E-state index in [-0.39, 0.29) is 10.6 Å². The highest BCUT2D eigenvalue weighted by Gasteiger charge is 2.12. The number of hydrogen-bond donors (Lipinski definition) is 2. The minimum Gasteiger partial charge on any atom is -0.340 e. The Morgan fingerprint density at radius 3 is 2.38 bits per heavy atom. The van der Waals surface area contributed by atoms with Crippen LogP contribution in [0.5, 0.6) is 0 Å². The number of nitrogens with zero attached hydrogens (tertiary/aromatic N) is 2. The summed E-state index contributed by atoms with van der Waals surface area (Å²) in [4.78, 5) is 20.6. The molecule has 0 bridgehead atoms. The van der Waals surface area contributed by atoms with Crippen LogP contribution in [0.15, 0.2) is 71.9 Å². The summed E-state index contributed by atoms with van der Waals surface area (Å²) in [6, 6.07) is 17.0. The zero-order valence-corrected chi connectivity index (χ0v) is 14.7. The van der Waals surface area contributed by atoms with Crippen molar-refractivity contribution in [2.75, 3.05) is 16.9 Å². The van der Waals surface area contributed by atoms with Gasteiger partial charge in [0.25, 0.3) is 5.91 Å². The lowest BCUT2D eigenvalue weighted by Gasteiger charge is -2.08. The van der Waals surface area contributed by atoms with Gasteiger partial charge < -0.3 is 10.6 Å². The lowest BCUT2D eigenvalue weighted by atomic mass is 10.3. The van der Waals surface area contributed by atoms with Crippen molar-refractivity contribution in [2.24, 2.45) is 0 Å². The molecule has 1 amide bonds. The fourth-order valence-corrected chi connectivity index (χ4v) is 2.89. The predicted molar refractivity (Wildman–Crippen MR) is 99.3 cm³/mol. The molecule has 0 saturated heterocycles. The Balaban J connectivity index is 1.77. The van der Waals surface area contributed by atoms with Gasteiger partial charge in [-0.15, -0.1) is 0 Å². The molecule has 0 aliphatic heterocycles. The highest BCUT2D eigenvalue weighted by molar-refractivity contribution is 7.90. The number of hydrogen-bond acceptors (Lipinski definition) is 6. The van der Waals surface area contributed by atoms with E-state index in [0.717, 1.165) is 11.9 Å². The Labute approximate surface area is 151 Å². The number of sulfone groups is 1. The molecule has 1 aromatic heterocycles. The average molecular weight is 368 g/mol. The van der Waals surface area contributed by atoms with Crippen molar-refractivity contribution in [3.8, 4) is 0 Å². The summed E-state index contributed by atoms with van der Waals surface area (Å²) in [7, 11) is -3.35. The van der Waals surface area contributed by atoms with Gasteiger partial charge >= 0.3 is 0 Å². The van der Waals surface area contributed by atoms with Gasteiger partial charge in [-0.05, 0) is 30.3 Å². The van der Waals surface area contributed by atoms with Gasteiger partial charge in [0.05, 0.1) is 4.90 Å². The summed E-state index contributed by atoms with van der Waals surface area (Å²) in [6.45, 7) is 0. The van der Waals surface area contributed by atoms with Crippen molar-refractivity contribution < 1.29 is 13.2 Å². The molecule has 3 rings (SSSR count). The molecular formula is C18H16N4O3S. The summed E-state index contributed by atoms with van der Waals surface area (Å²) >= 11 is 0. The molecular weight excluding hydrogens is 352 g/mol. The minimum atomic E-state index is -3.35. The van der Waals surface area contributed by atoms with E-state index < -0.39 is 15.7 Å². The van der Waals surface area contributed by atoms with Gasteiger partial charge in [-0.25, -0.2) is 18.4 Å². The lowest BCUT2D eigenvalue weighted by molar-refractivity contribution is 0.102. The van der Waals surface area contributed by atoms with Crippen molar-refractivity contribution in [1.82, 2.24) is 9.97 Å². The molecule has 8 heteroatoms. The minimum absolute atomic E-state index is 0.129. The van der Waals surface area contributed by atoms with E-state index in [4.69, 9.17) is 0 Å². The first kappa shape index (κ1) is 17.6. The van der Waals surface area contributed by atoms with Crippen molar-refractivity contribution in [3.05, 3.63) is 72.7 Å². The topological polar surface area (TPSA) is 101 Å². The Hall–Kier alpha value is -3.26.